The highest BCUT2D eigenvalue weighted by molar-refractivity contribution is 7.26. The second-order valence-electron chi connectivity index (χ2n) is 18.2. The molecule has 0 saturated carbocycles. The van der Waals surface area contributed by atoms with Crippen molar-refractivity contribution in [1.29, 1.82) is 0 Å². The predicted molar refractivity (Wildman–Crippen MR) is 286 cm³/mol. The van der Waals surface area contributed by atoms with Gasteiger partial charge < -0.3 is 0 Å². The lowest BCUT2D eigenvalue weighted by Gasteiger charge is -2.30. The molecule has 0 saturated heterocycles. The van der Waals surface area contributed by atoms with E-state index in [0.717, 1.165) is 4.83 Å². The second kappa shape index (κ2) is 15.3. The molecule has 68 heavy (non-hydrogen) atoms. The highest BCUT2D eigenvalue weighted by atomic mass is 32.1. The average Bonchev–Trinajstić information content (AvgIpc) is 4.05. The maximum absolute atomic E-state index is 4.66. The Morgan fingerprint density at radius 1 is 0.265 bits per heavy atom. The predicted octanol–water partition coefficient (Wildman–Crippen LogP) is 17.8. The SMILES string of the molecule is c1cc(-c2cccc(-c3cccc(-c4ccc5c(c4)-c4ccccc4C54c5ccccc5-c5ccccc54)c3)c2)cc(-c2cccc(-c3cccc(-c4cccc5c4sc4ncccc45)c3)c2)c1. The van der Waals surface area contributed by atoms with Gasteiger partial charge in [0.05, 0.1) is 5.41 Å². The van der Waals surface area contributed by atoms with Gasteiger partial charge in [0, 0.05) is 21.7 Å². The van der Waals surface area contributed by atoms with Crippen molar-refractivity contribution >= 4 is 31.6 Å². The molecule has 10 aromatic carbocycles. The summed E-state index contributed by atoms with van der Waals surface area (Å²) in [5, 5.41) is 2.48. The number of rotatable bonds is 6. The van der Waals surface area contributed by atoms with Crippen LogP contribution in [0.4, 0.5) is 0 Å². The molecule has 12 aromatic rings. The summed E-state index contributed by atoms with van der Waals surface area (Å²) in [4.78, 5) is 5.74. The van der Waals surface area contributed by atoms with Crippen LogP contribution in [-0.4, -0.2) is 4.98 Å². The summed E-state index contributed by atoms with van der Waals surface area (Å²) in [6, 6.07) is 90.0. The van der Waals surface area contributed by atoms with E-state index in [4.69, 9.17) is 0 Å². The van der Waals surface area contributed by atoms with Crippen molar-refractivity contribution in [2.45, 2.75) is 5.41 Å². The van der Waals surface area contributed by atoms with E-state index < -0.39 is 0 Å². The zero-order valence-corrected chi connectivity index (χ0v) is 37.8. The molecule has 0 bridgehead atoms. The highest BCUT2D eigenvalue weighted by Crippen LogP contribution is 2.63. The molecule has 0 radical (unpaired) electrons. The Hall–Kier alpha value is -8.43. The van der Waals surface area contributed by atoms with Gasteiger partial charge in [-0.15, -0.1) is 11.3 Å². The van der Waals surface area contributed by atoms with Gasteiger partial charge in [0.1, 0.15) is 4.83 Å². The van der Waals surface area contributed by atoms with E-state index in [1.165, 1.54) is 127 Å². The van der Waals surface area contributed by atoms with Gasteiger partial charge >= 0.3 is 0 Å². The summed E-state index contributed by atoms with van der Waals surface area (Å²) in [6.07, 6.45) is 1.88. The number of thiophene rings is 1. The minimum Gasteiger partial charge on any atom is -0.245 e. The van der Waals surface area contributed by atoms with Crippen LogP contribution in [0.5, 0.6) is 0 Å². The lowest BCUT2D eigenvalue weighted by Crippen LogP contribution is -2.25. The first kappa shape index (κ1) is 38.8. The minimum atomic E-state index is -0.332. The number of aromatic nitrogens is 1. The van der Waals surface area contributed by atoms with Gasteiger partial charge in [-0.25, -0.2) is 4.98 Å². The molecule has 14 rings (SSSR count). The van der Waals surface area contributed by atoms with Crippen molar-refractivity contribution in [2.75, 3.05) is 0 Å². The van der Waals surface area contributed by atoms with Gasteiger partial charge in [0.15, 0.2) is 0 Å². The molecule has 0 aliphatic heterocycles. The van der Waals surface area contributed by atoms with Crippen molar-refractivity contribution in [3.63, 3.8) is 0 Å². The van der Waals surface area contributed by atoms with Crippen LogP contribution < -0.4 is 0 Å². The first-order valence-electron chi connectivity index (χ1n) is 23.4. The van der Waals surface area contributed by atoms with E-state index in [-0.39, 0.29) is 5.41 Å². The van der Waals surface area contributed by atoms with Gasteiger partial charge in [-0.3, -0.25) is 0 Å². The molecule has 0 atom stereocenters. The fraction of sp³-hybridized carbons (Fsp3) is 0.0152. The average molecular weight is 880 g/mol. The van der Waals surface area contributed by atoms with Crippen molar-refractivity contribution < 1.29 is 0 Å². The van der Waals surface area contributed by atoms with Crippen LogP contribution in [0.25, 0.3) is 109 Å². The molecule has 1 spiro atoms. The fourth-order valence-electron chi connectivity index (χ4n) is 11.5. The van der Waals surface area contributed by atoms with Crippen molar-refractivity contribution in [3.8, 4) is 89.0 Å². The summed E-state index contributed by atoms with van der Waals surface area (Å²) in [7, 11) is 0. The molecule has 316 valence electrons. The highest BCUT2D eigenvalue weighted by Gasteiger charge is 2.51. The Kier molecular flexibility index (Phi) is 8.74. The molecule has 2 aliphatic carbocycles. The van der Waals surface area contributed by atoms with Gasteiger partial charge in [-0.1, -0.05) is 194 Å². The number of hydrogen-bond acceptors (Lipinski definition) is 2. The van der Waals surface area contributed by atoms with Gasteiger partial charge in [0.25, 0.3) is 0 Å². The molecule has 0 amide bonds. The van der Waals surface area contributed by atoms with Crippen LogP contribution in [0.2, 0.25) is 0 Å². The lowest BCUT2D eigenvalue weighted by molar-refractivity contribution is 0.794. The molecule has 2 heterocycles. The molecule has 0 fully saturated rings. The molecular formula is C66H41NS. The van der Waals surface area contributed by atoms with Crippen LogP contribution in [0.1, 0.15) is 22.3 Å². The summed E-state index contributed by atoms with van der Waals surface area (Å²) in [6.45, 7) is 0. The lowest BCUT2D eigenvalue weighted by atomic mass is 9.70. The van der Waals surface area contributed by atoms with Gasteiger partial charge in [-0.2, -0.15) is 0 Å². The van der Waals surface area contributed by atoms with Crippen LogP contribution in [0.3, 0.4) is 0 Å². The van der Waals surface area contributed by atoms with Crippen molar-refractivity contribution in [3.05, 3.63) is 271 Å². The normalized spacial score (nSPS) is 12.8. The Balaban J connectivity index is 0.777. The topological polar surface area (TPSA) is 12.9 Å². The van der Waals surface area contributed by atoms with Crippen molar-refractivity contribution in [1.82, 2.24) is 4.98 Å². The Labute approximate surface area is 400 Å². The molecule has 1 nitrogen and oxygen atoms in total. The largest absolute Gasteiger partial charge is 0.245 e. The van der Waals surface area contributed by atoms with E-state index in [2.05, 4.69) is 242 Å². The van der Waals surface area contributed by atoms with E-state index in [1.54, 1.807) is 11.3 Å². The van der Waals surface area contributed by atoms with Gasteiger partial charge in [-0.05, 0) is 160 Å². The standard InChI is InChI=1S/C66H41NS/c1-4-30-60-54(24-1)55-25-2-5-31-61(55)66(60)62-32-6-3-26-56(62)59-41-51(33-34-63(59)66)49-21-10-19-47(39-49)45-17-8-15-43(37-45)42-14-7-16-44(36-42)46-18-9-20-48(38-46)50-22-11-23-52(40-50)53-27-12-28-57-58-29-13-35-67-65(58)68-64(53)57/h1-41H. The third kappa shape index (κ3) is 5.91. The van der Waals surface area contributed by atoms with E-state index in [0.29, 0.717) is 0 Å². The van der Waals surface area contributed by atoms with E-state index in [9.17, 15) is 0 Å². The summed E-state index contributed by atoms with van der Waals surface area (Å²) < 4.78 is 1.28. The van der Waals surface area contributed by atoms with Crippen LogP contribution in [-0.2, 0) is 5.41 Å². The van der Waals surface area contributed by atoms with Crippen LogP contribution in [0.15, 0.2) is 249 Å². The molecule has 0 unspecified atom stereocenters. The Bertz CT molecular complexity index is 3960. The monoisotopic (exact) mass is 879 g/mol. The molecule has 2 heteroatoms. The summed E-state index contributed by atoms with van der Waals surface area (Å²) in [5.41, 5.74) is 24.9. The zero-order valence-electron chi connectivity index (χ0n) is 37.0. The number of pyridine rings is 1. The smallest absolute Gasteiger partial charge is 0.124 e. The molecule has 0 N–H and O–H groups in total. The number of fused-ring (bicyclic) bond motifs is 13. The number of hydrogen-bond donors (Lipinski definition) is 0. The van der Waals surface area contributed by atoms with E-state index in [1.807, 2.05) is 12.3 Å². The zero-order chi connectivity index (χ0) is 44.8. The third-order valence-corrected chi connectivity index (χ3v) is 15.7. The Morgan fingerprint density at radius 3 is 1.13 bits per heavy atom. The summed E-state index contributed by atoms with van der Waals surface area (Å²) in [5.74, 6) is 0. The van der Waals surface area contributed by atoms with E-state index >= 15 is 0 Å². The first-order valence-corrected chi connectivity index (χ1v) is 24.2. The second-order valence-corrected chi connectivity index (χ2v) is 19.2. The third-order valence-electron chi connectivity index (χ3n) is 14.6. The van der Waals surface area contributed by atoms with Crippen LogP contribution >= 0.6 is 11.3 Å². The first-order chi connectivity index (χ1) is 33.7. The van der Waals surface area contributed by atoms with Crippen molar-refractivity contribution in [2.24, 2.45) is 0 Å². The minimum absolute atomic E-state index is 0.332. The summed E-state index contributed by atoms with van der Waals surface area (Å²) >= 11 is 1.77. The van der Waals surface area contributed by atoms with Gasteiger partial charge in [0.2, 0.25) is 0 Å². The van der Waals surface area contributed by atoms with Crippen LogP contribution in [0, 0.1) is 0 Å². The molecular weight excluding hydrogens is 839 g/mol. The fourth-order valence-corrected chi connectivity index (χ4v) is 12.7. The maximum Gasteiger partial charge on any atom is 0.124 e. The molecule has 2 aromatic heterocycles. The Morgan fingerprint density at radius 2 is 0.632 bits per heavy atom. The number of benzene rings is 10. The number of nitrogens with zero attached hydrogens (tertiary/aromatic N) is 1. The quantitative estimate of drug-likeness (QED) is 0.162. The maximum atomic E-state index is 4.66. The molecule has 2 aliphatic rings.